The Balaban J connectivity index is 2.22. The van der Waals surface area contributed by atoms with Crippen LogP contribution in [0.4, 0.5) is 0 Å². The summed E-state index contributed by atoms with van der Waals surface area (Å²) in [6.07, 6.45) is 0.795. The zero-order valence-electron chi connectivity index (χ0n) is 11.0. The third kappa shape index (κ3) is 2.03. The molecule has 0 saturated heterocycles. The van der Waals surface area contributed by atoms with Crippen LogP contribution in [0.3, 0.4) is 0 Å². The number of fused-ring (bicyclic) bond motifs is 1. The number of benzene rings is 2. The Bertz CT molecular complexity index is 781. The van der Waals surface area contributed by atoms with Gasteiger partial charge in [-0.25, -0.2) is 4.98 Å². The van der Waals surface area contributed by atoms with Gasteiger partial charge in [-0.05, 0) is 24.3 Å². The number of carbonyl (C=O) groups excluding carboxylic acids is 1. The molecule has 0 aliphatic rings. The maximum Gasteiger partial charge on any atom is 0.153 e. The van der Waals surface area contributed by atoms with Crippen LogP contribution in [-0.4, -0.2) is 18.4 Å². The van der Waals surface area contributed by atoms with Crippen molar-refractivity contribution in [3.8, 4) is 17.0 Å². The smallest absolute Gasteiger partial charge is 0.153 e. The van der Waals surface area contributed by atoms with Crippen molar-refractivity contribution in [2.24, 2.45) is 0 Å². The van der Waals surface area contributed by atoms with E-state index in [9.17, 15) is 4.79 Å². The van der Waals surface area contributed by atoms with Gasteiger partial charge in [0.15, 0.2) is 6.29 Å². The number of nitrogens with zero attached hydrogens (tertiary/aromatic N) is 1. The second kappa shape index (κ2) is 5.13. The molecular formula is C17H13NO2. The van der Waals surface area contributed by atoms with Crippen LogP contribution in [0, 0.1) is 0 Å². The van der Waals surface area contributed by atoms with Crippen LogP contribution >= 0.6 is 0 Å². The number of carbonyl (C=O) groups is 1. The van der Waals surface area contributed by atoms with Crippen molar-refractivity contribution in [2.45, 2.75) is 0 Å². The molecule has 0 atom stereocenters. The summed E-state index contributed by atoms with van der Waals surface area (Å²) in [4.78, 5) is 15.7. The summed E-state index contributed by atoms with van der Waals surface area (Å²) in [6, 6.07) is 17.4. The number of aldehydes is 1. The van der Waals surface area contributed by atoms with Gasteiger partial charge < -0.3 is 4.74 Å². The predicted molar refractivity (Wildman–Crippen MR) is 79.1 cm³/mol. The van der Waals surface area contributed by atoms with E-state index in [-0.39, 0.29) is 0 Å². The zero-order chi connectivity index (χ0) is 13.9. The van der Waals surface area contributed by atoms with E-state index in [4.69, 9.17) is 4.74 Å². The molecule has 2 aromatic carbocycles. The fourth-order valence-electron chi connectivity index (χ4n) is 2.29. The molecule has 98 valence electrons. The van der Waals surface area contributed by atoms with E-state index in [1.165, 1.54) is 0 Å². The highest BCUT2D eigenvalue weighted by Gasteiger charge is 2.11. The Morgan fingerprint density at radius 3 is 2.65 bits per heavy atom. The van der Waals surface area contributed by atoms with Crippen LogP contribution in [0.5, 0.6) is 5.75 Å². The average Bonchev–Trinajstić information content (AvgIpc) is 2.53. The largest absolute Gasteiger partial charge is 0.495 e. The van der Waals surface area contributed by atoms with E-state index in [1.54, 1.807) is 13.2 Å². The molecule has 0 aliphatic carbocycles. The Morgan fingerprint density at radius 2 is 1.85 bits per heavy atom. The van der Waals surface area contributed by atoms with E-state index < -0.39 is 0 Å². The van der Waals surface area contributed by atoms with Gasteiger partial charge in [0.1, 0.15) is 5.75 Å². The fourth-order valence-corrected chi connectivity index (χ4v) is 2.29. The van der Waals surface area contributed by atoms with Gasteiger partial charge in [0.05, 0.1) is 23.9 Å². The van der Waals surface area contributed by atoms with E-state index in [1.807, 2.05) is 48.5 Å². The highest BCUT2D eigenvalue weighted by molar-refractivity contribution is 5.87. The number of para-hydroxylation sites is 2. The highest BCUT2D eigenvalue weighted by Crippen LogP contribution is 2.32. The predicted octanol–water partition coefficient (Wildman–Crippen LogP) is 3.72. The van der Waals surface area contributed by atoms with Crippen molar-refractivity contribution < 1.29 is 9.53 Å². The standard InChI is InChI=1S/C17H13NO2/c1-20-17-13(11-19)6-4-7-14(17)16-10-9-12-5-2-3-8-15(12)18-16/h2-11H,1H3. The third-order valence-corrected chi connectivity index (χ3v) is 3.25. The Morgan fingerprint density at radius 1 is 1.00 bits per heavy atom. The van der Waals surface area contributed by atoms with E-state index in [2.05, 4.69) is 4.98 Å². The Hall–Kier alpha value is -2.68. The number of hydrogen-bond donors (Lipinski definition) is 0. The fraction of sp³-hybridized carbons (Fsp3) is 0.0588. The maximum atomic E-state index is 11.1. The minimum atomic E-state index is 0.528. The molecule has 0 N–H and O–H groups in total. The molecule has 3 aromatic rings. The molecule has 3 nitrogen and oxygen atoms in total. The van der Waals surface area contributed by atoms with Crippen LogP contribution in [0.2, 0.25) is 0 Å². The summed E-state index contributed by atoms with van der Waals surface area (Å²) >= 11 is 0. The molecule has 20 heavy (non-hydrogen) atoms. The average molecular weight is 263 g/mol. The molecule has 0 saturated carbocycles. The molecule has 1 aromatic heterocycles. The normalized spacial score (nSPS) is 10.4. The summed E-state index contributed by atoms with van der Waals surface area (Å²) in [5, 5.41) is 1.08. The van der Waals surface area contributed by atoms with Crippen molar-refractivity contribution >= 4 is 17.2 Å². The molecule has 1 heterocycles. The van der Waals surface area contributed by atoms with Crippen molar-refractivity contribution in [1.82, 2.24) is 4.98 Å². The highest BCUT2D eigenvalue weighted by atomic mass is 16.5. The number of hydrogen-bond acceptors (Lipinski definition) is 3. The first-order valence-corrected chi connectivity index (χ1v) is 6.32. The third-order valence-electron chi connectivity index (χ3n) is 3.25. The lowest BCUT2D eigenvalue weighted by Gasteiger charge is -2.10. The topological polar surface area (TPSA) is 39.2 Å². The molecule has 0 spiro atoms. The minimum Gasteiger partial charge on any atom is -0.495 e. The Kier molecular flexibility index (Phi) is 3.17. The molecule has 3 heteroatoms. The number of rotatable bonds is 3. The molecule has 0 unspecified atom stereocenters. The number of ether oxygens (including phenoxy) is 1. The molecule has 3 rings (SSSR count). The first kappa shape index (κ1) is 12.4. The SMILES string of the molecule is COc1c(C=O)cccc1-c1ccc2ccccc2n1. The van der Waals surface area contributed by atoms with E-state index in [0.717, 1.165) is 28.4 Å². The van der Waals surface area contributed by atoms with Crippen LogP contribution in [0.1, 0.15) is 10.4 Å². The van der Waals surface area contributed by atoms with Gasteiger partial charge in [0.2, 0.25) is 0 Å². The van der Waals surface area contributed by atoms with E-state index in [0.29, 0.717) is 11.3 Å². The van der Waals surface area contributed by atoms with Gasteiger partial charge in [-0.2, -0.15) is 0 Å². The molecule has 0 aliphatic heterocycles. The van der Waals surface area contributed by atoms with Crippen LogP contribution in [0.25, 0.3) is 22.2 Å². The molecular weight excluding hydrogens is 250 g/mol. The summed E-state index contributed by atoms with van der Waals surface area (Å²) in [6.45, 7) is 0. The van der Waals surface area contributed by atoms with Crippen LogP contribution in [0.15, 0.2) is 54.6 Å². The molecule has 0 radical (unpaired) electrons. The lowest BCUT2D eigenvalue weighted by molar-refractivity contribution is 0.112. The quantitative estimate of drug-likeness (QED) is 0.676. The van der Waals surface area contributed by atoms with Crippen LogP contribution in [-0.2, 0) is 0 Å². The first-order valence-electron chi connectivity index (χ1n) is 6.32. The second-order valence-electron chi connectivity index (χ2n) is 4.44. The van der Waals surface area contributed by atoms with Crippen molar-refractivity contribution in [3.05, 3.63) is 60.2 Å². The summed E-state index contributed by atoms with van der Waals surface area (Å²) in [5.41, 5.74) is 3.07. The monoisotopic (exact) mass is 263 g/mol. The van der Waals surface area contributed by atoms with Crippen molar-refractivity contribution in [2.75, 3.05) is 7.11 Å². The zero-order valence-corrected chi connectivity index (χ0v) is 11.0. The minimum absolute atomic E-state index is 0.528. The number of pyridine rings is 1. The number of methoxy groups -OCH3 is 1. The summed E-state index contributed by atoms with van der Waals surface area (Å²) < 4.78 is 5.36. The van der Waals surface area contributed by atoms with Crippen LogP contribution < -0.4 is 4.74 Å². The number of aromatic nitrogens is 1. The van der Waals surface area contributed by atoms with Gasteiger partial charge in [0, 0.05) is 10.9 Å². The lowest BCUT2D eigenvalue weighted by Crippen LogP contribution is -1.95. The maximum absolute atomic E-state index is 11.1. The van der Waals surface area contributed by atoms with Gasteiger partial charge in [0.25, 0.3) is 0 Å². The van der Waals surface area contributed by atoms with Gasteiger partial charge >= 0.3 is 0 Å². The molecule has 0 bridgehead atoms. The second-order valence-corrected chi connectivity index (χ2v) is 4.44. The molecule has 0 fully saturated rings. The van der Waals surface area contributed by atoms with Crippen molar-refractivity contribution in [1.29, 1.82) is 0 Å². The van der Waals surface area contributed by atoms with Gasteiger partial charge in [-0.3, -0.25) is 4.79 Å². The first-order chi connectivity index (χ1) is 9.83. The van der Waals surface area contributed by atoms with Gasteiger partial charge in [-0.1, -0.05) is 30.3 Å². The summed E-state index contributed by atoms with van der Waals surface area (Å²) in [7, 11) is 1.56. The van der Waals surface area contributed by atoms with E-state index >= 15 is 0 Å². The summed E-state index contributed by atoms with van der Waals surface area (Å²) in [5.74, 6) is 0.560. The Labute approximate surface area is 116 Å². The lowest BCUT2D eigenvalue weighted by atomic mass is 10.0. The van der Waals surface area contributed by atoms with Crippen molar-refractivity contribution in [3.63, 3.8) is 0 Å². The molecule has 0 amide bonds. The van der Waals surface area contributed by atoms with Gasteiger partial charge in [-0.15, -0.1) is 0 Å².